The number of fused-ring (bicyclic) bond motifs is 1. The molecule has 0 aliphatic carbocycles. The lowest BCUT2D eigenvalue weighted by molar-refractivity contribution is -0.120. The third kappa shape index (κ3) is 3.28. The van der Waals surface area contributed by atoms with Gasteiger partial charge in [-0.2, -0.15) is 0 Å². The van der Waals surface area contributed by atoms with Gasteiger partial charge in [0.05, 0.1) is 5.69 Å². The van der Waals surface area contributed by atoms with E-state index >= 15 is 0 Å². The third-order valence-corrected chi connectivity index (χ3v) is 4.77. The van der Waals surface area contributed by atoms with Crippen LogP contribution in [0.1, 0.15) is 12.5 Å². The standard InChI is InChI=1S/C18H19NO2S/c1-2-14-7-9-15(10-8-14)21-13-18(20)19-11-12-22-17-6-4-3-5-16(17)19/h3-10H,2,11-13H2,1H3. The Kier molecular flexibility index (Phi) is 4.68. The number of anilines is 1. The van der Waals surface area contributed by atoms with Gasteiger partial charge in [0.25, 0.3) is 5.91 Å². The summed E-state index contributed by atoms with van der Waals surface area (Å²) in [6.45, 7) is 2.92. The first-order valence-corrected chi connectivity index (χ1v) is 8.50. The fourth-order valence-electron chi connectivity index (χ4n) is 2.47. The molecule has 1 aliphatic heterocycles. The van der Waals surface area contributed by atoms with E-state index in [0.717, 1.165) is 35.1 Å². The van der Waals surface area contributed by atoms with E-state index < -0.39 is 0 Å². The molecule has 114 valence electrons. The Balaban J connectivity index is 1.65. The van der Waals surface area contributed by atoms with E-state index in [1.165, 1.54) is 5.56 Å². The smallest absolute Gasteiger partial charge is 0.264 e. The number of hydrogen-bond donors (Lipinski definition) is 0. The van der Waals surface area contributed by atoms with Crippen molar-refractivity contribution in [2.24, 2.45) is 0 Å². The molecule has 0 aromatic heterocycles. The number of para-hydroxylation sites is 1. The summed E-state index contributed by atoms with van der Waals surface area (Å²) in [5.74, 6) is 1.67. The number of benzene rings is 2. The van der Waals surface area contributed by atoms with Crippen molar-refractivity contribution in [1.82, 2.24) is 0 Å². The zero-order valence-electron chi connectivity index (χ0n) is 12.6. The van der Waals surface area contributed by atoms with Crippen LogP contribution in [0, 0.1) is 0 Å². The Labute approximate surface area is 135 Å². The van der Waals surface area contributed by atoms with Crippen LogP contribution in [0.25, 0.3) is 0 Å². The Bertz CT molecular complexity index is 654. The number of ether oxygens (including phenoxy) is 1. The van der Waals surface area contributed by atoms with Crippen molar-refractivity contribution in [3.05, 3.63) is 54.1 Å². The van der Waals surface area contributed by atoms with E-state index in [2.05, 4.69) is 13.0 Å². The number of hydrogen-bond acceptors (Lipinski definition) is 3. The Morgan fingerprint density at radius 2 is 1.95 bits per heavy atom. The SMILES string of the molecule is CCc1ccc(OCC(=O)N2CCSc3ccccc32)cc1. The highest BCUT2D eigenvalue weighted by atomic mass is 32.2. The lowest BCUT2D eigenvalue weighted by atomic mass is 10.2. The molecule has 0 saturated carbocycles. The van der Waals surface area contributed by atoms with E-state index in [4.69, 9.17) is 4.74 Å². The number of carbonyl (C=O) groups is 1. The molecule has 1 aliphatic rings. The summed E-state index contributed by atoms with van der Waals surface area (Å²) in [6, 6.07) is 15.9. The van der Waals surface area contributed by atoms with Gasteiger partial charge in [-0.05, 0) is 36.2 Å². The third-order valence-electron chi connectivity index (χ3n) is 3.72. The van der Waals surface area contributed by atoms with Crippen LogP contribution in [0.5, 0.6) is 5.75 Å². The van der Waals surface area contributed by atoms with Crippen LogP contribution < -0.4 is 9.64 Å². The van der Waals surface area contributed by atoms with Crippen LogP contribution >= 0.6 is 11.8 Å². The second-order valence-electron chi connectivity index (χ2n) is 5.15. The van der Waals surface area contributed by atoms with Gasteiger partial charge in [-0.15, -0.1) is 11.8 Å². The normalized spacial score (nSPS) is 13.6. The van der Waals surface area contributed by atoms with Gasteiger partial charge in [-0.1, -0.05) is 31.2 Å². The van der Waals surface area contributed by atoms with Crippen molar-refractivity contribution in [1.29, 1.82) is 0 Å². The van der Waals surface area contributed by atoms with Crippen LogP contribution in [-0.2, 0) is 11.2 Å². The maximum Gasteiger partial charge on any atom is 0.264 e. The maximum absolute atomic E-state index is 12.4. The molecule has 0 atom stereocenters. The van der Waals surface area contributed by atoms with Gasteiger partial charge < -0.3 is 9.64 Å². The fourth-order valence-corrected chi connectivity index (χ4v) is 3.47. The maximum atomic E-state index is 12.4. The van der Waals surface area contributed by atoms with E-state index in [0.29, 0.717) is 0 Å². The highest BCUT2D eigenvalue weighted by Crippen LogP contribution is 2.34. The predicted molar refractivity (Wildman–Crippen MR) is 90.8 cm³/mol. The molecule has 0 fully saturated rings. The van der Waals surface area contributed by atoms with Crippen molar-refractivity contribution in [3.63, 3.8) is 0 Å². The second-order valence-corrected chi connectivity index (χ2v) is 6.28. The Hall–Kier alpha value is -1.94. The van der Waals surface area contributed by atoms with E-state index in [1.54, 1.807) is 11.8 Å². The van der Waals surface area contributed by atoms with Crippen molar-refractivity contribution >= 4 is 23.4 Å². The van der Waals surface area contributed by atoms with Crippen molar-refractivity contribution in [3.8, 4) is 5.75 Å². The first-order chi connectivity index (χ1) is 10.8. The summed E-state index contributed by atoms with van der Waals surface area (Å²) >= 11 is 1.79. The predicted octanol–water partition coefficient (Wildman–Crippen LogP) is 3.77. The summed E-state index contributed by atoms with van der Waals surface area (Å²) in [5.41, 5.74) is 2.26. The molecule has 0 bridgehead atoms. The van der Waals surface area contributed by atoms with Gasteiger partial charge in [-0.25, -0.2) is 0 Å². The van der Waals surface area contributed by atoms with Gasteiger partial charge in [0.1, 0.15) is 5.75 Å². The minimum Gasteiger partial charge on any atom is -0.484 e. The van der Waals surface area contributed by atoms with Crippen LogP contribution in [-0.4, -0.2) is 24.8 Å². The van der Waals surface area contributed by atoms with Crippen LogP contribution in [0.15, 0.2) is 53.4 Å². The van der Waals surface area contributed by atoms with Crippen LogP contribution in [0.4, 0.5) is 5.69 Å². The van der Waals surface area contributed by atoms with Crippen LogP contribution in [0.3, 0.4) is 0 Å². The molecule has 0 unspecified atom stereocenters. The fraction of sp³-hybridized carbons (Fsp3) is 0.278. The minimum absolute atomic E-state index is 0.00678. The molecule has 0 radical (unpaired) electrons. The van der Waals surface area contributed by atoms with E-state index in [-0.39, 0.29) is 12.5 Å². The molecular formula is C18H19NO2S. The monoisotopic (exact) mass is 313 g/mol. The molecule has 3 rings (SSSR count). The van der Waals surface area contributed by atoms with Gasteiger partial charge in [0.2, 0.25) is 0 Å². The number of thioether (sulfide) groups is 1. The highest BCUT2D eigenvalue weighted by Gasteiger charge is 2.22. The van der Waals surface area contributed by atoms with Gasteiger partial charge in [-0.3, -0.25) is 4.79 Å². The molecule has 0 spiro atoms. The topological polar surface area (TPSA) is 29.5 Å². The number of rotatable bonds is 4. The second kappa shape index (κ2) is 6.88. The molecule has 3 nitrogen and oxygen atoms in total. The number of amides is 1. The molecule has 2 aromatic rings. The number of nitrogens with zero attached hydrogens (tertiary/aromatic N) is 1. The van der Waals surface area contributed by atoms with Crippen molar-refractivity contribution in [2.75, 3.05) is 23.8 Å². The first-order valence-electron chi connectivity index (χ1n) is 7.52. The Morgan fingerprint density at radius 1 is 1.18 bits per heavy atom. The number of carbonyl (C=O) groups excluding carboxylic acids is 1. The Morgan fingerprint density at radius 3 is 2.73 bits per heavy atom. The lowest BCUT2D eigenvalue weighted by Crippen LogP contribution is -2.38. The molecule has 0 saturated heterocycles. The average Bonchev–Trinajstić information content (AvgIpc) is 2.59. The summed E-state index contributed by atoms with van der Waals surface area (Å²) in [7, 11) is 0. The van der Waals surface area contributed by atoms with Gasteiger partial charge in [0, 0.05) is 17.2 Å². The van der Waals surface area contributed by atoms with Crippen molar-refractivity contribution in [2.45, 2.75) is 18.2 Å². The minimum atomic E-state index is 0.00678. The quantitative estimate of drug-likeness (QED) is 0.860. The molecule has 1 heterocycles. The summed E-state index contributed by atoms with van der Waals surface area (Å²) in [6.07, 6.45) is 1.00. The molecule has 2 aromatic carbocycles. The molecule has 22 heavy (non-hydrogen) atoms. The molecular weight excluding hydrogens is 294 g/mol. The van der Waals surface area contributed by atoms with E-state index in [1.807, 2.05) is 47.4 Å². The average molecular weight is 313 g/mol. The zero-order chi connectivity index (χ0) is 15.4. The summed E-state index contributed by atoms with van der Waals surface area (Å²) in [5, 5.41) is 0. The highest BCUT2D eigenvalue weighted by molar-refractivity contribution is 7.99. The largest absolute Gasteiger partial charge is 0.484 e. The lowest BCUT2D eigenvalue weighted by Gasteiger charge is -2.28. The molecule has 4 heteroatoms. The zero-order valence-corrected chi connectivity index (χ0v) is 13.4. The molecule has 1 amide bonds. The van der Waals surface area contributed by atoms with Gasteiger partial charge >= 0.3 is 0 Å². The van der Waals surface area contributed by atoms with Crippen LogP contribution in [0.2, 0.25) is 0 Å². The summed E-state index contributed by atoms with van der Waals surface area (Å²) < 4.78 is 5.64. The number of aryl methyl sites for hydroxylation is 1. The summed E-state index contributed by atoms with van der Waals surface area (Å²) in [4.78, 5) is 15.4. The van der Waals surface area contributed by atoms with E-state index in [9.17, 15) is 4.79 Å². The van der Waals surface area contributed by atoms with Gasteiger partial charge in [0.15, 0.2) is 6.61 Å². The molecule has 0 N–H and O–H groups in total. The van der Waals surface area contributed by atoms with Crippen molar-refractivity contribution < 1.29 is 9.53 Å². The first kappa shape index (κ1) is 15.0.